The molecule has 1 aromatic carbocycles. The van der Waals surface area contributed by atoms with Crippen molar-refractivity contribution in [3.05, 3.63) is 29.8 Å². The molecule has 8 heteroatoms. The van der Waals surface area contributed by atoms with E-state index in [0.29, 0.717) is 18.3 Å². The number of benzene rings is 1. The molecule has 1 atom stereocenters. The van der Waals surface area contributed by atoms with Crippen molar-refractivity contribution in [2.45, 2.75) is 26.0 Å². The molecule has 0 fully saturated rings. The molecule has 0 amide bonds. The first-order valence-corrected chi connectivity index (χ1v) is 7.88. The molecule has 21 heavy (non-hydrogen) atoms. The van der Waals surface area contributed by atoms with Crippen LogP contribution in [0.2, 0.25) is 0 Å². The predicted octanol–water partition coefficient (Wildman–Crippen LogP) is 1.36. The van der Waals surface area contributed by atoms with E-state index in [1.54, 1.807) is 24.3 Å². The summed E-state index contributed by atoms with van der Waals surface area (Å²) in [6.07, 6.45) is -0.614. The van der Waals surface area contributed by atoms with E-state index in [1.807, 2.05) is 13.8 Å². The molecule has 0 bridgehead atoms. The highest BCUT2D eigenvalue weighted by Gasteiger charge is 2.13. The van der Waals surface area contributed by atoms with E-state index in [0.717, 1.165) is 9.87 Å². The predicted molar refractivity (Wildman–Crippen MR) is 88.0 cm³/mol. The highest BCUT2D eigenvalue weighted by molar-refractivity contribution is 7.90. The lowest BCUT2D eigenvalue weighted by molar-refractivity contribution is 0.171. The summed E-state index contributed by atoms with van der Waals surface area (Å²) in [6, 6.07) is 6.99. The zero-order valence-corrected chi connectivity index (χ0v) is 14.3. The largest absolute Gasteiger partial charge is 0.387 e. The fraction of sp³-hybridized carbons (Fsp3) is 0.538. The van der Waals surface area contributed by atoms with Crippen LogP contribution in [0.4, 0.5) is 5.69 Å². The standard InChI is InChI=1S/C13H23N3O3S.ClH/c1-10(2)14-9-13(17)11-5-7-12(8-6-11)15-20(18,19)16(3)4;/h5-8,10,13-15,17H,9H2,1-4H3;1H. The first kappa shape index (κ1) is 20.1. The first-order valence-electron chi connectivity index (χ1n) is 6.44. The third-order valence-corrected chi connectivity index (χ3v) is 4.20. The second kappa shape index (κ2) is 8.55. The molecule has 122 valence electrons. The normalized spacial score (nSPS) is 13.1. The molecule has 6 nitrogen and oxygen atoms in total. The average Bonchev–Trinajstić information content (AvgIpc) is 2.36. The molecule has 0 spiro atoms. The highest BCUT2D eigenvalue weighted by atomic mass is 35.5. The SMILES string of the molecule is CC(C)NCC(O)c1ccc(NS(=O)(=O)N(C)C)cc1.Cl. The summed E-state index contributed by atoms with van der Waals surface area (Å²) >= 11 is 0. The molecule has 0 saturated heterocycles. The Morgan fingerprint density at radius 3 is 2.14 bits per heavy atom. The van der Waals surface area contributed by atoms with E-state index in [-0.39, 0.29) is 12.4 Å². The van der Waals surface area contributed by atoms with Crippen molar-refractivity contribution in [1.29, 1.82) is 0 Å². The quantitative estimate of drug-likeness (QED) is 0.701. The van der Waals surface area contributed by atoms with Gasteiger partial charge in [0.05, 0.1) is 6.10 Å². The Kier molecular flexibility index (Phi) is 8.20. The van der Waals surface area contributed by atoms with Gasteiger partial charge < -0.3 is 10.4 Å². The van der Waals surface area contributed by atoms with Crippen molar-refractivity contribution in [2.24, 2.45) is 0 Å². The van der Waals surface area contributed by atoms with Gasteiger partial charge in [0.15, 0.2) is 0 Å². The monoisotopic (exact) mass is 337 g/mol. The van der Waals surface area contributed by atoms with Gasteiger partial charge in [0.1, 0.15) is 0 Å². The zero-order chi connectivity index (χ0) is 15.3. The van der Waals surface area contributed by atoms with Crippen LogP contribution in [0.25, 0.3) is 0 Å². The molecule has 3 N–H and O–H groups in total. The summed E-state index contributed by atoms with van der Waals surface area (Å²) in [5.74, 6) is 0. The Bertz CT molecular complexity index is 518. The van der Waals surface area contributed by atoms with Crippen molar-refractivity contribution < 1.29 is 13.5 Å². The molecule has 0 radical (unpaired) electrons. The van der Waals surface area contributed by atoms with Gasteiger partial charge in [-0.2, -0.15) is 12.7 Å². The van der Waals surface area contributed by atoms with Gasteiger partial charge in [-0.25, -0.2) is 0 Å². The number of nitrogens with one attached hydrogen (secondary N) is 2. The van der Waals surface area contributed by atoms with E-state index in [2.05, 4.69) is 10.0 Å². The van der Waals surface area contributed by atoms with Gasteiger partial charge >= 0.3 is 10.2 Å². The van der Waals surface area contributed by atoms with E-state index in [9.17, 15) is 13.5 Å². The lowest BCUT2D eigenvalue weighted by Gasteiger charge is -2.16. The van der Waals surface area contributed by atoms with Gasteiger partial charge in [0, 0.05) is 32.4 Å². The van der Waals surface area contributed by atoms with Crippen LogP contribution < -0.4 is 10.0 Å². The van der Waals surface area contributed by atoms with Crippen LogP contribution in [-0.4, -0.2) is 44.5 Å². The Labute approximate surface area is 133 Å². The molecule has 0 aliphatic rings. The number of hydrogen-bond donors (Lipinski definition) is 3. The molecular weight excluding hydrogens is 314 g/mol. The lowest BCUT2D eigenvalue weighted by atomic mass is 10.1. The number of nitrogens with zero attached hydrogens (tertiary/aromatic N) is 1. The lowest BCUT2D eigenvalue weighted by Crippen LogP contribution is -2.29. The van der Waals surface area contributed by atoms with Crippen LogP contribution in [0, 0.1) is 0 Å². The minimum absolute atomic E-state index is 0. The molecular formula is C13H24ClN3O3S. The number of hydrogen-bond acceptors (Lipinski definition) is 4. The van der Waals surface area contributed by atoms with Gasteiger partial charge in [-0.05, 0) is 17.7 Å². The molecule has 0 aliphatic heterocycles. The van der Waals surface area contributed by atoms with Gasteiger partial charge in [-0.3, -0.25) is 4.72 Å². The maximum atomic E-state index is 11.7. The number of aliphatic hydroxyl groups is 1. The summed E-state index contributed by atoms with van der Waals surface area (Å²) < 4.78 is 26.8. The number of aliphatic hydroxyl groups excluding tert-OH is 1. The van der Waals surface area contributed by atoms with E-state index >= 15 is 0 Å². The molecule has 0 aliphatic carbocycles. The highest BCUT2D eigenvalue weighted by Crippen LogP contribution is 2.17. The van der Waals surface area contributed by atoms with Gasteiger partial charge in [-0.1, -0.05) is 26.0 Å². The third-order valence-electron chi connectivity index (χ3n) is 2.74. The Balaban J connectivity index is 0.00000400. The molecule has 1 aromatic rings. The van der Waals surface area contributed by atoms with Crippen molar-refractivity contribution in [1.82, 2.24) is 9.62 Å². The molecule has 0 heterocycles. The maximum Gasteiger partial charge on any atom is 0.301 e. The first-order chi connectivity index (χ1) is 9.22. The second-order valence-corrected chi connectivity index (χ2v) is 6.97. The third kappa shape index (κ3) is 6.62. The Morgan fingerprint density at radius 1 is 1.19 bits per heavy atom. The molecule has 0 saturated carbocycles. The van der Waals surface area contributed by atoms with Crippen LogP contribution in [0.3, 0.4) is 0 Å². The number of rotatable bonds is 7. The fourth-order valence-electron chi connectivity index (χ4n) is 1.48. The van der Waals surface area contributed by atoms with Gasteiger partial charge in [-0.15, -0.1) is 12.4 Å². The van der Waals surface area contributed by atoms with Crippen molar-refractivity contribution >= 4 is 28.3 Å². The topological polar surface area (TPSA) is 81.7 Å². The van der Waals surface area contributed by atoms with E-state index < -0.39 is 16.3 Å². The molecule has 1 rings (SSSR count). The number of halogens is 1. The minimum Gasteiger partial charge on any atom is -0.387 e. The fourth-order valence-corrected chi connectivity index (χ4v) is 2.10. The van der Waals surface area contributed by atoms with Gasteiger partial charge in [0.25, 0.3) is 0 Å². The van der Waals surface area contributed by atoms with Crippen LogP contribution in [0.1, 0.15) is 25.5 Å². The molecule has 0 aromatic heterocycles. The maximum absolute atomic E-state index is 11.7. The number of anilines is 1. The van der Waals surface area contributed by atoms with Crippen molar-refractivity contribution in [3.8, 4) is 0 Å². The van der Waals surface area contributed by atoms with Crippen LogP contribution >= 0.6 is 12.4 Å². The van der Waals surface area contributed by atoms with Crippen LogP contribution in [0.5, 0.6) is 0 Å². The van der Waals surface area contributed by atoms with Crippen LogP contribution in [0.15, 0.2) is 24.3 Å². The van der Waals surface area contributed by atoms with E-state index in [1.165, 1.54) is 14.1 Å². The Hall–Kier alpha value is -0.860. The van der Waals surface area contributed by atoms with Crippen molar-refractivity contribution in [3.63, 3.8) is 0 Å². The summed E-state index contributed by atoms with van der Waals surface area (Å²) in [5.41, 5.74) is 1.21. The molecule has 1 unspecified atom stereocenters. The van der Waals surface area contributed by atoms with E-state index in [4.69, 9.17) is 0 Å². The summed E-state index contributed by atoms with van der Waals surface area (Å²) in [5, 5.41) is 13.1. The summed E-state index contributed by atoms with van der Waals surface area (Å²) in [4.78, 5) is 0. The zero-order valence-electron chi connectivity index (χ0n) is 12.7. The average molecular weight is 338 g/mol. The van der Waals surface area contributed by atoms with Crippen molar-refractivity contribution in [2.75, 3.05) is 25.4 Å². The van der Waals surface area contributed by atoms with Crippen LogP contribution in [-0.2, 0) is 10.2 Å². The minimum atomic E-state index is -3.50. The second-order valence-electron chi connectivity index (χ2n) is 5.09. The smallest absolute Gasteiger partial charge is 0.301 e. The summed E-state index contributed by atoms with van der Waals surface area (Å²) in [6.45, 7) is 4.47. The van der Waals surface area contributed by atoms with Gasteiger partial charge in [0.2, 0.25) is 0 Å². The summed E-state index contributed by atoms with van der Waals surface area (Å²) in [7, 11) is -0.585. The Morgan fingerprint density at radius 2 is 1.71 bits per heavy atom.